The number of rotatable bonds is 1. The van der Waals surface area contributed by atoms with E-state index in [-0.39, 0.29) is 6.54 Å². The van der Waals surface area contributed by atoms with Crippen LogP contribution in [0.5, 0.6) is 0 Å². The monoisotopic (exact) mass is 181 g/mol. The smallest absolute Gasteiger partial charge is 0.311 e. The summed E-state index contributed by atoms with van der Waals surface area (Å²) in [4.78, 5) is 23.8. The Morgan fingerprint density at radius 3 is 2.54 bits per heavy atom. The largest absolute Gasteiger partial charge is 0.335 e. The molecule has 70 valence electrons. The Bertz CT molecular complexity index is 251. The molecule has 0 aromatic carbocycles. The van der Waals surface area contributed by atoms with Crippen molar-refractivity contribution in [2.45, 2.75) is 12.8 Å². The summed E-state index contributed by atoms with van der Waals surface area (Å²) in [5.41, 5.74) is 0. The lowest BCUT2D eigenvalue weighted by Gasteiger charge is -2.13. The third-order valence-electron chi connectivity index (χ3n) is 1.92. The second-order valence-electron chi connectivity index (χ2n) is 2.84. The van der Waals surface area contributed by atoms with Crippen molar-refractivity contribution in [2.24, 2.45) is 0 Å². The van der Waals surface area contributed by atoms with Crippen LogP contribution in [0.25, 0.3) is 0 Å². The number of nitrogens with zero attached hydrogens (tertiary/aromatic N) is 2. The highest BCUT2D eigenvalue weighted by Gasteiger charge is 2.23. The number of likely N-dealkylation sites (tertiary alicyclic amines) is 1. The molecule has 1 saturated heterocycles. The van der Waals surface area contributed by atoms with Gasteiger partial charge in [-0.2, -0.15) is 5.26 Å². The predicted octanol–water partition coefficient (Wildman–Crippen LogP) is -0.751. The third kappa shape index (κ3) is 2.44. The van der Waals surface area contributed by atoms with Crippen molar-refractivity contribution in [3.05, 3.63) is 0 Å². The lowest BCUT2D eigenvalue weighted by Crippen LogP contribution is -2.41. The van der Waals surface area contributed by atoms with Crippen LogP contribution in [0.4, 0.5) is 0 Å². The van der Waals surface area contributed by atoms with Gasteiger partial charge in [0.1, 0.15) is 6.54 Å². The van der Waals surface area contributed by atoms with E-state index in [1.807, 2.05) is 0 Å². The molecule has 0 saturated carbocycles. The van der Waals surface area contributed by atoms with Crippen molar-refractivity contribution >= 4 is 11.8 Å². The second kappa shape index (κ2) is 4.45. The van der Waals surface area contributed by atoms with Crippen molar-refractivity contribution in [1.82, 2.24) is 10.2 Å². The Kier molecular flexibility index (Phi) is 3.26. The van der Waals surface area contributed by atoms with E-state index in [9.17, 15) is 9.59 Å². The summed E-state index contributed by atoms with van der Waals surface area (Å²) >= 11 is 0. The first-order valence-corrected chi connectivity index (χ1v) is 4.20. The zero-order valence-corrected chi connectivity index (χ0v) is 7.25. The Morgan fingerprint density at radius 1 is 1.38 bits per heavy atom. The third-order valence-corrected chi connectivity index (χ3v) is 1.92. The van der Waals surface area contributed by atoms with Crippen LogP contribution in [0, 0.1) is 11.3 Å². The molecule has 0 radical (unpaired) electrons. The van der Waals surface area contributed by atoms with Crippen molar-refractivity contribution in [3.63, 3.8) is 0 Å². The first-order valence-electron chi connectivity index (χ1n) is 4.20. The summed E-state index contributed by atoms with van der Waals surface area (Å²) in [7, 11) is 0. The van der Waals surface area contributed by atoms with Crippen molar-refractivity contribution in [3.8, 4) is 6.07 Å². The lowest BCUT2D eigenvalue weighted by atomic mass is 10.4. The van der Waals surface area contributed by atoms with Gasteiger partial charge in [0.2, 0.25) is 0 Å². The standard InChI is InChI=1S/C8H11N3O2/c9-3-4-10-7(12)8(13)11-5-1-2-6-11/h1-2,4-6H2,(H,10,12). The topological polar surface area (TPSA) is 73.2 Å². The summed E-state index contributed by atoms with van der Waals surface area (Å²) in [6.07, 6.45) is 1.91. The quantitative estimate of drug-likeness (QED) is 0.427. The Morgan fingerprint density at radius 2 is 2.00 bits per heavy atom. The fourth-order valence-corrected chi connectivity index (χ4v) is 1.26. The number of nitrogens with one attached hydrogen (secondary N) is 1. The Balaban J connectivity index is 2.38. The summed E-state index contributed by atoms with van der Waals surface area (Å²) in [5, 5.41) is 10.4. The van der Waals surface area contributed by atoms with E-state index in [2.05, 4.69) is 5.32 Å². The zero-order valence-electron chi connectivity index (χ0n) is 7.25. The predicted molar refractivity (Wildman–Crippen MR) is 44.4 cm³/mol. The maximum atomic E-state index is 11.3. The molecule has 2 amide bonds. The van der Waals surface area contributed by atoms with Crippen molar-refractivity contribution in [2.75, 3.05) is 19.6 Å². The maximum absolute atomic E-state index is 11.3. The molecule has 0 aliphatic carbocycles. The van der Waals surface area contributed by atoms with E-state index < -0.39 is 11.8 Å². The summed E-state index contributed by atoms with van der Waals surface area (Å²) in [5.74, 6) is -1.20. The Labute approximate surface area is 76.3 Å². The summed E-state index contributed by atoms with van der Waals surface area (Å²) in [6, 6.07) is 1.74. The summed E-state index contributed by atoms with van der Waals surface area (Å²) in [6.45, 7) is 1.19. The SMILES string of the molecule is N#CCNC(=O)C(=O)N1CCCC1. The minimum Gasteiger partial charge on any atom is -0.335 e. The molecule has 1 fully saturated rings. The zero-order chi connectivity index (χ0) is 9.68. The van der Waals surface area contributed by atoms with E-state index in [1.165, 1.54) is 4.90 Å². The molecule has 13 heavy (non-hydrogen) atoms. The first kappa shape index (κ1) is 9.52. The number of hydrogen-bond donors (Lipinski definition) is 1. The molecular weight excluding hydrogens is 170 g/mol. The van der Waals surface area contributed by atoms with Crippen LogP contribution in [0.2, 0.25) is 0 Å². The highest BCUT2D eigenvalue weighted by Crippen LogP contribution is 2.06. The van der Waals surface area contributed by atoms with Crippen LogP contribution in [0.15, 0.2) is 0 Å². The van der Waals surface area contributed by atoms with Gasteiger partial charge in [0.25, 0.3) is 0 Å². The molecule has 0 atom stereocenters. The van der Waals surface area contributed by atoms with E-state index >= 15 is 0 Å². The van der Waals surface area contributed by atoms with Gasteiger partial charge < -0.3 is 10.2 Å². The molecule has 1 aliphatic heterocycles. The molecule has 0 spiro atoms. The Hall–Kier alpha value is -1.57. The lowest BCUT2D eigenvalue weighted by molar-refractivity contribution is -0.145. The van der Waals surface area contributed by atoms with Gasteiger partial charge in [0.15, 0.2) is 0 Å². The van der Waals surface area contributed by atoms with Crippen molar-refractivity contribution < 1.29 is 9.59 Å². The van der Waals surface area contributed by atoms with E-state index in [0.717, 1.165) is 12.8 Å². The van der Waals surface area contributed by atoms with Crippen LogP contribution >= 0.6 is 0 Å². The number of amides is 2. The van der Waals surface area contributed by atoms with Gasteiger partial charge in [-0.15, -0.1) is 0 Å². The molecule has 5 nitrogen and oxygen atoms in total. The van der Waals surface area contributed by atoms with E-state index in [1.54, 1.807) is 6.07 Å². The molecule has 1 rings (SSSR count). The maximum Gasteiger partial charge on any atom is 0.311 e. The van der Waals surface area contributed by atoms with Gasteiger partial charge >= 0.3 is 11.8 Å². The van der Waals surface area contributed by atoms with E-state index in [0.29, 0.717) is 13.1 Å². The van der Waals surface area contributed by atoms with Crippen LogP contribution in [-0.4, -0.2) is 36.3 Å². The summed E-state index contributed by atoms with van der Waals surface area (Å²) < 4.78 is 0. The molecular formula is C8H11N3O2. The highest BCUT2D eigenvalue weighted by molar-refractivity contribution is 6.35. The minimum absolute atomic E-state index is 0.113. The molecule has 0 bridgehead atoms. The normalized spacial score (nSPS) is 15.2. The second-order valence-corrected chi connectivity index (χ2v) is 2.84. The van der Waals surface area contributed by atoms with Crippen molar-refractivity contribution in [1.29, 1.82) is 5.26 Å². The van der Waals surface area contributed by atoms with E-state index in [4.69, 9.17) is 5.26 Å². The van der Waals surface area contributed by atoms with Gasteiger partial charge in [-0.05, 0) is 12.8 Å². The number of carbonyl (C=O) groups excluding carboxylic acids is 2. The van der Waals surface area contributed by atoms with Crippen LogP contribution in [-0.2, 0) is 9.59 Å². The molecule has 0 aromatic heterocycles. The van der Waals surface area contributed by atoms with Gasteiger partial charge in [0.05, 0.1) is 6.07 Å². The average molecular weight is 181 g/mol. The number of hydrogen-bond acceptors (Lipinski definition) is 3. The molecule has 1 N–H and O–H groups in total. The average Bonchev–Trinajstić information content (AvgIpc) is 2.65. The molecule has 1 heterocycles. The fourth-order valence-electron chi connectivity index (χ4n) is 1.26. The first-order chi connectivity index (χ1) is 6.25. The number of nitriles is 1. The highest BCUT2D eigenvalue weighted by atomic mass is 16.2. The minimum atomic E-state index is -0.677. The fraction of sp³-hybridized carbons (Fsp3) is 0.625. The van der Waals surface area contributed by atoms with Gasteiger partial charge in [0, 0.05) is 13.1 Å². The van der Waals surface area contributed by atoms with Gasteiger partial charge in [-0.25, -0.2) is 0 Å². The van der Waals surface area contributed by atoms with Crippen LogP contribution in [0.1, 0.15) is 12.8 Å². The molecule has 0 aromatic rings. The molecule has 0 unspecified atom stereocenters. The van der Waals surface area contributed by atoms with Gasteiger partial charge in [-0.3, -0.25) is 9.59 Å². The van der Waals surface area contributed by atoms with Crippen LogP contribution in [0.3, 0.4) is 0 Å². The van der Waals surface area contributed by atoms with Gasteiger partial charge in [-0.1, -0.05) is 0 Å². The number of carbonyl (C=O) groups is 2. The van der Waals surface area contributed by atoms with Crippen LogP contribution < -0.4 is 5.32 Å². The molecule has 1 aliphatic rings. The molecule has 5 heteroatoms.